The highest BCUT2D eigenvalue weighted by molar-refractivity contribution is 6.30. The lowest BCUT2D eigenvalue weighted by Crippen LogP contribution is -2.33. The Bertz CT molecular complexity index is 702. The van der Waals surface area contributed by atoms with E-state index in [0.29, 0.717) is 10.7 Å². The third-order valence-electron chi connectivity index (χ3n) is 3.12. The molecule has 0 aliphatic carbocycles. The molecule has 1 heterocycles. The van der Waals surface area contributed by atoms with Crippen molar-refractivity contribution in [3.63, 3.8) is 0 Å². The van der Waals surface area contributed by atoms with Gasteiger partial charge in [-0.3, -0.25) is 4.68 Å². The van der Waals surface area contributed by atoms with Crippen LogP contribution in [0.25, 0.3) is 0 Å². The zero-order chi connectivity index (χ0) is 17.7. The summed E-state index contributed by atoms with van der Waals surface area (Å²) in [5, 5.41) is 9.25. The average molecular weight is 361 g/mol. The van der Waals surface area contributed by atoms with Gasteiger partial charge in [0, 0.05) is 30.0 Å². The molecule has 0 fully saturated rings. The maximum absolute atomic E-state index is 12.5. The molecule has 5 nitrogen and oxygen atoms in total. The quantitative estimate of drug-likeness (QED) is 0.846. The normalized spacial score (nSPS) is 12.7. The van der Waals surface area contributed by atoms with Crippen molar-refractivity contribution in [1.29, 1.82) is 0 Å². The summed E-state index contributed by atoms with van der Waals surface area (Å²) in [5.74, 6) is -0.101. The number of alkyl halides is 3. The number of nitrogens with one attached hydrogen (secondary N) is 2. The molecule has 2 N–H and O–H groups in total. The van der Waals surface area contributed by atoms with Crippen LogP contribution in [0.4, 0.5) is 23.7 Å². The summed E-state index contributed by atoms with van der Waals surface area (Å²) in [4.78, 5) is 11.8. The Morgan fingerprint density at radius 1 is 1.38 bits per heavy atom. The predicted molar refractivity (Wildman–Crippen MR) is 84.9 cm³/mol. The van der Waals surface area contributed by atoms with E-state index in [1.165, 1.54) is 10.9 Å². The molecular formula is C15H16ClF3N4O. The second-order valence-corrected chi connectivity index (χ2v) is 5.81. The molecule has 0 aliphatic heterocycles. The lowest BCUT2D eigenvalue weighted by Gasteiger charge is -2.13. The number of urea groups is 1. The van der Waals surface area contributed by atoms with Gasteiger partial charge < -0.3 is 10.6 Å². The molecule has 2 rings (SSSR count). The minimum Gasteiger partial charge on any atom is -0.338 e. The first kappa shape index (κ1) is 18.1. The Kier molecular flexibility index (Phi) is 5.71. The van der Waals surface area contributed by atoms with Crippen molar-refractivity contribution in [3.05, 3.63) is 47.2 Å². The lowest BCUT2D eigenvalue weighted by atomic mass is 10.2. The van der Waals surface area contributed by atoms with E-state index in [9.17, 15) is 18.0 Å². The Morgan fingerprint density at radius 3 is 2.75 bits per heavy atom. The third-order valence-corrected chi connectivity index (χ3v) is 3.36. The Hall–Kier alpha value is -2.22. The van der Waals surface area contributed by atoms with Gasteiger partial charge >= 0.3 is 12.2 Å². The smallest absolute Gasteiger partial charge is 0.338 e. The molecule has 0 aliphatic rings. The van der Waals surface area contributed by atoms with Gasteiger partial charge in [0.25, 0.3) is 0 Å². The van der Waals surface area contributed by atoms with Crippen LogP contribution in [0.5, 0.6) is 0 Å². The van der Waals surface area contributed by atoms with Gasteiger partial charge in [-0.05, 0) is 30.2 Å². The molecule has 2 amide bonds. The monoisotopic (exact) mass is 360 g/mol. The van der Waals surface area contributed by atoms with Crippen LogP contribution >= 0.6 is 11.6 Å². The highest BCUT2D eigenvalue weighted by atomic mass is 35.5. The standard InChI is InChI=1S/C15H16ClF3N4O/c1-10(9-23-6-5-13(22-23)15(17,18)19)8-20-14(24)21-12-4-2-3-11(16)7-12/h2-7,10H,8-9H2,1H3,(H2,20,21,24). The first-order chi connectivity index (χ1) is 11.2. The van der Waals surface area contributed by atoms with E-state index < -0.39 is 17.9 Å². The van der Waals surface area contributed by atoms with E-state index in [1.54, 1.807) is 31.2 Å². The first-order valence-electron chi connectivity index (χ1n) is 7.15. The third kappa shape index (κ3) is 5.45. The molecule has 2 aromatic rings. The highest BCUT2D eigenvalue weighted by Crippen LogP contribution is 2.27. The number of carbonyl (C=O) groups excluding carboxylic acids is 1. The fourth-order valence-electron chi connectivity index (χ4n) is 2.01. The number of amides is 2. The summed E-state index contributed by atoms with van der Waals surface area (Å²) in [7, 11) is 0. The lowest BCUT2D eigenvalue weighted by molar-refractivity contribution is -0.141. The number of benzene rings is 1. The van der Waals surface area contributed by atoms with Crippen LogP contribution in [-0.2, 0) is 12.7 Å². The van der Waals surface area contributed by atoms with Crippen molar-refractivity contribution in [3.8, 4) is 0 Å². The number of anilines is 1. The number of halogens is 4. The number of hydrogen-bond acceptors (Lipinski definition) is 2. The van der Waals surface area contributed by atoms with E-state index in [4.69, 9.17) is 11.6 Å². The van der Waals surface area contributed by atoms with Crippen LogP contribution in [-0.4, -0.2) is 22.4 Å². The maximum atomic E-state index is 12.5. The molecule has 24 heavy (non-hydrogen) atoms. The second-order valence-electron chi connectivity index (χ2n) is 5.37. The van der Waals surface area contributed by atoms with Gasteiger partial charge in [-0.1, -0.05) is 24.6 Å². The molecule has 0 bridgehead atoms. The van der Waals surface area contributed by atoms with Crippen LogP contribution < -0.4 is 10.6 Å². The predicted octanol–water partition coefficient (Wildman–Crippen LogP) is 4.01. The van der Waals surface area contributed by atoms with Crippen molar-refractivity contribution in [1.82, 2.24) is 15.1 Å². The maximum Gasteiger partial charge on any atom is 0.435 e. The summed E-state index contributed by atoms with van der Waals surface area (Å²) in [5.41, 5.74) is -0.379. The second kappa shape index (κ2) is 7.57. The van der Waals surface area contributed by atoms with Crippen LogP contribution in [0.15, 0.2) is 36.5 Å². The molecule has 1 atom stereocenters. The number of aromatic nitrogens is 2. The molecule has 0 radical (unpaired) electrons. The molecule has 1 aromatic carbocycles. The van der Waals surface area contributed by atoms with E-state index in [0.717, 1.165) is 6.07 Å². The summed E-state index contributed by atoms with van der Waals surface area (Å²) in [6.07, 6.45) is -3.19. The topological polar surface area (TPSA) is 59.0 Å². The zero-order valence-electron chi connectivity index (χ0n) is 12.8. The number of nitrogens with zero attached hydrogens (tertiary/aromatic N) is 2. The van der Waals surface area contributed by atoms with Gasteiger partial charge in [-0.15, -0.1) is 0 Å². The van der Waals surface area contributed by atoms with Crippen molar-refractivity contribution in [2.75, 3.05) is 11.9 Å². The number of carbonyl (C=O) groups is 1. The Labute approximate surface area is 141 Å². The largest absolute Gasteiger partial charge is 0.435 e. The molecular weight excluding hydrogens is 345 g/mol. The van der Waals surface area contributed by atoms with Gasteiger partial charge in [-0.2, -0.15) is 18.3 Å². The van der Waals surface area contributed by atoms with Gasteiger partial charge in [0.2, 0.25) is 0 Å². The van der Waals surface area contributed by atoms with E-state index in [-0.39, 0.29) is 19.0 Å². The molecule has 9 heteroatoms. The minimum atomic E-state index is -4.45. The Balaban J connectivity index is 1.79. The summed E-state index contributed by atoms with van der Waals surface area (Å²) >= 11 is 5.82. The summed E-state index contributed by atoms with van der Waals surface area (Å²) in [6.45, 7) is 2.34. The molecule has 1 aromatic heterocycles. The fraction of sp³-hybridized carbons (Fsp3) is 0.333. The van der Waals surface area contributed by atoms with E-state index in [2.05, 4.69) is 15.7 Å². The minimum absolute atomic E-state index is 0.101. The van der Waals surface area contributed by atoms with Crippen molar-refractivity contribution in [2.45, 2.75) is 19.6 Å². The highest BCUT2D eigenvalue weighted by Gasteiger charge is 2.33. The number of rotatable bonds is 5. The van der Waals surface area contributed by atoms with Crippen LogP contribution in [0.2, 0.25) is 5.02 Å². The summed E-state index contributed by atoms with van der Waals surface area (Å²) < 4.78 is 38.6. The van der Waals surface area contributed by atoms with Crippen molar-refractivity contribution >= 4 is 23.3 Å². The van der Waals surface area contributed by atoms with Gasteiger partial charge in [0.05, 0.1) is 0 Å². The van der Waals surface area contributed by atoms with Crippen molar-refractivity contribution < 1.29 is 18.0 Å². The summed E-state index contributed by atoms with van der Waals surface area (Å²) in [6, 6.07) is 7.19. The first-order valence-corrected chi connectivity index (χ1v) is 7.53. The van der Waals surface area contributed by atoms with Gasteiger partial charge in [0.1, 0.15) is 0 Å². The SMILES string of the molecule is CC(CNC(=O)Nc1cccc(Cl)c1)Cn1ccc(C(F)(F)F)n1. The Morgan fingerprint density at radius 2 is 2.12 bits per heavy atom. The van der Waals surface area contributed by atoms with Crippen LogP contribution in [0.1, 0.15) is 12.6 Å². The van der Waals surface area contributed by atoms with E-state index in [1.807, 2.05) is 0 Å². The zero-order valence-corrected chi connectivity index (χ0v) is 13.5. The van der Waals surface area contributed by atoms with Crippen LogP contribution in [0, 0.1) is 5.92 Å². The number of hydrogen-bond donors (Lipinski definition) is 2. The molecule has 0 saturated carbocycles. The van der Waals surface area contributed by atoms with Gasteiger partial charge in [-0.25, -0.2) is 4.79 Å². The molecule has 130 valence electrons. The van der Waals surface area contributed by atoms with Crippen molar-refractivity contribution in [2.24, 2.45) is 5.92 Å². The van der Waals surface area contributed by atoms with E-state index >= 15 is 0 Å². The molecule has 0 spiro atoms. The van der Waals surface area contributed by atoms with Gasteiger partial charge in [0.15, 0.2) is 5.69 Å². The average Bonchev–Trinajstić information content (AvgIpc) is 2.94. The molecule has 1 unspecified atom stereocenters. The van der Waals surface area contributed by atoms with Crippen LogP contribution in [0.3, 0.4) is 0 Å². The molecule has 0 saturated heterocycles. The fourth-order valence-corrected chi connectivity index (χ4v) is 2.20.